The van der Waals surface area contributed by atoms with Gasteiger partial charge in [-0.25, -0.2) is 4.79 Å². The molecule has 2 rings (SSSR count). The molecular weight excluding hydrogens is 246 g/mol. The van der Waals surface area contributed by atoms with Gasteiger partial charge >= 0.3 is 5.97 Å². The monoisotopic (exact) mass is 265 g/mol. The van der Waals surface area contributed by atoms with Gasteiger partial charge in [0.2, 0.25) is 0 Å². The van der Waals surface area contributed by atoms with Gasteiger partial charge in [0.15, 0.2) is 0 Å². The standard InChI is InChI=1S/C14H19NO4/c1-8-5-11(6-9(2)18-8)19-14(17)12-7-10(16)3-4-13(12)15/h3-4,7-9,11,16H,5-6,15H2,1-2H3. The summed E-state index contributed by atoms with van der Waals surface area (Å²) < 4.78 is 11.0. The number of nitrogen functional groups attached to an aromatic ring is 1. The molecule has 3 N–H and O–H groups in total. The van der Waals surface area contributed by atoms with Gasteiger partial charge in [0.25, 0.3) is 0 Å². The molecule has 1 saturated heterocycles. The molecule has 1 aliphatic rings. The number of ether oxygens (including phenoxy) is 2. The SMILES string of the molecule is CC1CC(OC(=O)c2cc(O)ccc2N)CC(C)O1. The zero-order valence-electron chi connectivity index (χ0n) is 11.1. The normalized spacial score (nSPS) is 26.9. The molecule has 0 saturated carbocycles. The summed E-state index contributed by atoms with van der Waals surface area (Å²) in [5.41, 5.74) is 6.22. The first kappa shape index (κ1) is 13.7. The minimum Gasteiger partial charge on any atom is -0.508 e. The highest BCUT2D eigenvalue weighted by molar-refractivity contribution is 5.95. The second-order valence-electron chi connectivity index (χ2n) is 5.03. The maximum absolute atomic E-state index is 12.0. The Balaban J connectivity index is 2.06. The van der Waals surface area contributed by atoms with E-state index in [0.717, 1.165) is 0 Å². The van der Waals surface area contributed by atoms with Crippen LogP contribution in [0.3, 0.4) is 0 Å². The molecule has 5 nitrogen and oxygen atoms in total. The Morgan fingerprint density at radius 2 is 2.00 bits per heavy atom. The molecule has 19 heavy (non-hydrogen) atoms. The molecule has 0 bridgehead atoms. The maximum Gasteiger partial charge on any atom is 0.340 e. The van der Waals surface area contributed by atoms with Crippen molar-refractivity contribution in [3.05, 3.63) is 23.8 Å². The lowest BCUT2D eigenvalue weighted by Crippen LogP contribution is -2.35. The van der Waals surface area contributed by atoms with Crippen molar-refractivity contribution in [2.24, 2.45) is 0 Å². The first-order valence-corrected chi connectivity index (χ1v) is 6.40. The topological polar surface area (TPSA) is 81.8 Å². The number of carbonyl (C=O) groups is 1. The van der Waals surface area contributed by atoms with Gasteiger partial charge in [0.1, 0.15) is 11.9 Å². The van der Waals surface area contributed by atoms with Crippen molar-refractivity contribution in [3.8, 4) is 5.75 Å². The Morgan fingerprint density at radius 1 is 1.37 bits per heavy atom. The van der Waals surface area contributed by atoms with Crippen molar-refractivity contribution in [2.45, 2.75) is 45.0 Å². The zero-order valence-corrected chi connectivity index (χ0v) is 11.1. The van der Waals surface area contributed by atoms with E-state index < -0.39 is 5.97 Å². The molecule has 0 radical (unpaired) electrons. The maximum atomic E-state index is 12.0. The number of carbonyl (C=O) groups excluding carboxylic acids is 1. The van der Waals surface area contributed by atoms with Gasteiger partial charge in [0, 0.05) is 18.5 Å². The van der Waals surface area contributed by atoms with Crippen molar-refractivity contribution in [1.29, 1.82) is 0 Å². The van der Waals surface area contributed by atoms with Crippen LogP contribution in [-0.2, 0) is 9.47 Å². The van der Waals surface area contributed by atoms with Crippen molar-refractivity contribution >= 4 is 11.7 Å². The van der Waals surface area contributed by atoms with Crippen molar-refractivity contribution < 1.29 is 19.4 Å². The van der Waals surface area contributed by atoms with Crippen LogP contribution < -0.4 is 5.73 Å². The molecule has 5 heteroatoms. The minimum absolute atomic E-state index is 0.00476. The van der Waals surface area contributed by atoms with Gasteiger partial charge in [-0.05, 0) is 32.0 Å². The molecule has 1 heterocycles. The van der Waals surface area contributed by atoms with Gasteiger partial charge in [-0.15, -0.1) is 0 Å². The molecule has 1 aliphatic heterocycles. The van der Waals surface area contributed by atoms with Crippen LogP contribution in [0, 0.1) is 0 Å². The Bertz CT molecular complexity index is 465. The average molecular weight is 265 g/mol. The van der Waals surface area contributed by atoms with E-state index in [4.69, 9.17) is 15.2 Å². The molecule has 1 aromatic carbocycles. The molecule has 2 unspecified atom stereocenters. The lowest BCUT2D eigenvalue weighted by Gasteiger charge is -2.31. The van der Waals surface area contributed by atoms with E-state index in [-0.39, 0.29) is 29.6 Å². The Labute approximate surface area is 112 Å². The number of anilines is 1. The predicted molar refractivity (Wildman–Crippen MR) is 71.0 cm³/mol. The number of hydrogen-bond donors (Lipinski definition) is 2. The van der Waals surface area contributed by atoms with E-state index in [0.29, 0.717) is 18.5 Å². The van der Waals surface area contributed by atoms with Crippen molar-refractivity contribution in [3.63, 3.8) is 0 Å². The number of phenols is 1. The average Bonchev–Trinajstić information content (AvgIpc) is 2.30. The van der Waals surface area contributed by atoms with E-state index in [2.05, 4.69) is 0 Å². The lowest BCUT2D eigenvalue weighted by atomic mass is 10.0. The van der Waals surface area contributed by atoms with Crippen LogP contribution in [0.15, 0.2) is 18.2 Å². The largest absolute Gasteiger partial charge is 0.508 e. The van der Waals surface area contributed by atoms with Crippen LogP contribution in [0.5, 0.6) is 5.75 Å². The van der Waals surface area contributed by atoms with Crippen LogP contribution in [-0.4, -0.2) is 29.4 Å². The number of benzene rings is 1. The summed E-state index contributed by atoms with van der Waals surface area (Å²) >= 11 is 0. The van der Waals surface area contributed by atoms with Gasteiger partial charge in [-0.2, -0.15) is 0 Å². The van der Waals surface area contributed by atoms with Gasteiger partial charge in [-0.3, -0.25) is 0 Å². The smallest absolute Gasteiger partial charge is 0.340 e. The number of phenolic OH excluding ortho intramolecular Hbond substituents is 1. The van der Waals surface area contributed by atoms with Crippen LogP contribution in [0.4, 0.5) is 5.69 Å². The molecular formula is C14H19NO4. The summed E-state index contributed by atoms with van der Waals surface area (Å²) in [7, 11) is 0. The van der Waals surface area contributed by atoms with Gasteiger partial charge < -0.3 is 20.3 Å². The number of rotatable bonds is 2. The molecule has 104 valence electrons. The van der Waals surface area contributed by atoms with Crippen LogP contribution >= 0.6 is 0 Å². The van der Waals surface area contributed by atoms with Gasteiger partial charge in [-0.1, -0.05) is 0 Å². The second kappa shape index (κ2) is 5.48. The summed E-state index contributed by atoms with van der Waals surface area (Å²) in [5.74, 6) is -0.505. The Morgan fingerprint density at radius 3 is 2.63 bits per heavy atom. The summed E-state index contributed by atoms with van der Waals surface area (Å²) in [4.78, 5) is 12.0. The van der Waals surface area contributed by atoms with E-state index in [9.17, 15) is 9.90 Å². The predicted octanol–water partition coefficient (Wildman–Crippen LogP) is 2.09. The zero-order chi connectivity index (χ0) is 14.0. The highest BCUT2D eigenvalue weighted by atomic mass is 16.6. The van der Waals surface area contributed by atoms with Gasteiger partial charge in [0.05, 0.1) is 17.8 Å². The third-order valence-electron chi connectivity index (χ3n) is 3.18. The summed E-state index contributed by atoms with van der Waals surface area (Å²) in [5, 5.41) is 9.39. The van der Waals surface area contributed by atoms with E-state index in [1.807, 2.05) is 13.8 Å². The Kier molecular flexibility index (Phi) is 3.95. The quantitative estimate of drug-likeness (QED) is 0.486. The highest BCUT2D eigenvalue weighted by Gasteiger charge is 2.28. The second-order valence-corrected chi connectivity index (χ2v) is 5.03. The number of aromatic hydroxyl groups is 1. The first-order valence-electron chi connectivity index (χ1n) is 6.40. The lowest BCUT2D eigenvalue weighted by molar-refractivity contribution is -0.0855. The molecule has 0 aliphatic carbocycles. The first-order chi connectivity index (χ1) is 8.95. The van der Waals surface area contributed by atoms with Crippen LogP contribution in [0.1, 0.15) is 37.0 Å². The minimum atomic E-state index is -0.500. The fourth-order valence-electron chi connectivity index (χ4n) is 2.38. The van der Waals surface area contributed by atoms with E-state index in [1.54, 1.807) is 0 Å². The number of esters is 1. The van der Waals surface area contributed by atoms with Crippen molar-refractivity contribution in [2.75, 3.05) is 5.73 Å². The summed E-state index contributed by atoms with van der Waals surface area (Å²) in [6.07, 6.45) is 1.32. The third-order valence-corrected chi connectivity index (χ3v) is 3.18. The fraction of sp³-hybridized carbons (Fsp3) is 0.500. The molecule has 0 amide bonds. The molecule has 1 aromatic rings. The van der Waals surface area contributed by atoms with Crippen molar-refractivity contribution in [1.82, 2.24) is 0 Å². The van der Waals surface area contributed by atoms with E-state index >= 15 is 0 Å². The molecule has 1 fully saturated rings. The fourth-order valence-corrected chi connectivity index (χ4v) is 2.38. The highest BCUT2D eigenvalue weighted by Crippen LogP contribution is 2.25. The van der Waals surface area contributed by atoms with Crippen LogP contribution in [0.2, 0.25) is 0 Å². The number of hydrogen-bond acceptors (Lipinski definition) is 5. The summed E-state index contributed by atoms with van der Waals surface area (Å²) in [6.45, 7) is 3.92. The third kappa shape index (κ3) is 3.38. The Hall–Kier alpha value is -1.75. The molecule has 0 aromatic heterocycles. The van der Waals surface area contributed by atoms with Crippen LogP contribution in [0.25, 0.3) is 0 Å². The number of nitrogens with two attached hydrogens (primary N) is 1. The molecule has 2 atom stereocenters. The molecule has 0 spiro atoms. The van der Waals surface area contributed by atoms with E-state index in [1.165, 1.54) is 18.2 Å². The summed E-state index contributed by atoms with van der Waals surface area (Å²) in [6, 6.07) is 4.25.